The summed E-state index contributed by atoms with van der Waals surface area (Å²) in [6.07, 6.45) is 0. The van der Waals surface area contributed by atoms with Gasteiger partial charge in [-0.05, 0) is 110 Å². The third-order valence-corrected chi connectivity index (χ3v) is 11.9. The van der Waals surface area contributed by atoms with Crippen molar-refractivity contribution in [2.24, 2.45) is 0 Å². The van der Waals surface area contributed by atoms with Gasteiger partial charge in [0.15, 0.2) is 0 Å². The lowest BCUT2D eigenvalue weighted by molar-refractivity contribution is 0.568. The molecule has 0 fully saturated rings. The quantitative estimate of drug-likeness (QED) is 0.172. The SMILES string of the molecule is CC(C)(C)c1cc(-n2c3ccccc3c3ccc(N(c4cccc(-c5ccccc5)c4)c4ccc5c(c4)C(C)(C)c4ccccc4-5)cc32)cc(C(C)(C)C)c1. The first-order valence-electron chi connectivity index (χ1n) is 19.7. The molecule has 1 heterocycles. The van der Waals surface area contributed by atoms with Gasteiger partial charge in [-0.15, -0.1) is 0 Å². The second kappa shape index (κ2) is 12.6. The molecule has 55 heavy (non-hydrogen) atoms. The number of anilines is 3. The van der Waals surface area contributed by atoms with Crippen LogP contribution in [-0.2, 0) is 16.2 Å². The first-order chi connectivity index (χ1) is 26.3. The van der Waals surface area contributed by atoms with Gasteiger partial charge in [-0.25, -0.2) is 0 Å². The van der Waals surface area contributed by atoms with Crippen molar-refractivity contribution in [2.45, 2.75) is 71.6 Å². The number of nitrogens with zero attached hydrogens (tertiary/aromatic N) is 2. The third kappa shape index (κ3) is 5.87. The Balaban J connectivity index is 1.30. The van der Waals surface area contributed by atoms with Gasteiger partial charge in [0, 0.05) is 38.9 Å². The number of rotatable bonds is 5. The Bertz CT molecular complexity index is 2720. The number of hydrogen-bond donors (Lipinski definition) is 0. The molecule has 1 aliphatic carbocycles. The molecule has 2 nitrogen and oxygen atoms in total. The second-order valence-corrected chi connectivity index (χ2v) is 18.0. The van der Waals surface area contributed by atoms with Crippen molar-refractivity contribution < 1.29 is 0 Å². The van der Waals surface area contributed by atoms with Crippen molar-refractivity contribution in [3.05, 3.63) is 180 Å². The van der Waals surface area contributed by atoms with Crippen molar-refractivity contribution >= 4 is 38.9 Å². The molecule has 0 spiro atoms. The fraction of sp³-hybridized carbons (Fsp3) is 0.208. The monoisotopic (exact) mass is 714 g/mol. The maximum atomic E-state index is 2.50. The van der Waals surface area contributed by atoms with Gasteiger partial charge in [0.05, 0.1) is 11.0 Å². The minimum Gasteiger partial charge on any atom is -0.310 e. The summed E-state index contributed by atoms with van der Waals surface area (Å²) in [5.41, 5.74) is 17.4. The predicted molar refractivity (Wildman–Crippen MR) is 236 cm³/mol. The highest BCUT2D eigenvalue weighted by Crippen LogP contribution is 2.51. The second-order valence-electron chi connectivity index (χ2n) is 18.0. The van der Waals surface area contributed by atoms with E-state index >= 15 is 0 Å². The Kier molecular flexibility index (Phi) is 7.99. The van der Waals surface area contributed by atoms with E-state index in [0.29, 0.717) is 0 Å². The average Bonchev–Trinajstić information content (AvgIpc) is 3.62. The first-order valence-corrected chi connectivity index (χ1v) is 19.7. The van der Waals surface area contributed by atoms with Gasteiger partial charge in [0.2, 0.25) is 0 Å². The summed E-state index contributed by atoms with van der Waals surface area (Å²) in [7, 11) is 0. The van der Waals surface area contributed by atoms with E-state index in [1.807, 2.05) is 0 Å². The zero-order valence-corrected chi connectivity index (χ0v) is 33.4. The summed E-state index contributed by atoms with van der Waals surface area (Å²) in [4.78, 5) is 2.46. The normalized spacial score (nSPS) is 13.6. The van der Waals surface area contributed by atoms with Crippen molar-refractivity contribution in [3.8, 4) is 27.9 Å². The van der Waals surface area contributed by atoms with Gasteiger partial charge in [0.25, 0.3) is 0 Å². The third-order valence-electron chi connectivity index (χ3n) is 11.9. The predicted octanol–water partition coefficient (Wildman–Crippen LogP) is 14.8. The molecule has 0 amide bonds. The van der Waals surface area contributed by atoms with E-state index in [1.54, 1.807) is 0 Å². The number of hydrogen-bond acceptors (Lipinski definition) is 1. The Hall–Kier alpha value is -5.86. The molecule has 1 aromatic heterocycles. The van der Waals surface area contributed by atoms with E-state index in [0.717, 1.165) is 17.1 Å². The molecular formula is C53H50N2. The van der Waals surface area contributed by atoms with Crippen LogP contribution in [0, 0.1) is 0 Å². The molecule has 0 unspecified atom stereocenters. The molecule has 9 rings (SSSR count). The lowest BCUT2D eigenvalue weighted by atomic mass is 9.80. The highest BCUT2D eigenvalue weighted by Gasteiger charge is 2.36. The summed E-state index contributed by atoms with van der Waals surface area (Å²) >= 11 is 0. The average molecular weight is 715 g/mol. The summed E-state index contributed by atoms with van der Waals surface area (Å²) in [5, 5.41) is 2.51. The maximum absolute atomic E-state index is 2.50. The molecule has 0 bridgehead atoms. The first kappa shape index (κ1) is 34.9. The van der Waals surface area contributed by atoms with Crippen molar-refractivity contribution in [1.82, 2.24) is 4.57 Å². The largest absolute Gasteiger partial charge is 0.310 e. The molecule has 0 radical (unpaired) electrons. The van der Waals surface area contributed by atoms with Gasteiger partial charge in [-0.2, -0.15) is 0 Å². The molecule has 0 saturated carbocycles. The van der Waals surface area contributed by atoms with Crippen LogP contribution in [0.4, 0.5) is 17.1 Å². The Morgan fingerprint density at radius 1 is 0.436 bits per heavy atom. The molecule has 272 valence electrons. The molecule has 0 aliphatic heterocycles. The molecular weight excluding hydrogens is 665 g/mol. The van der Waals surface area contributed by atoms with E-state index in [1.165, 1.54) is 72.0 Å². The van der Waals surface area contributed by atoms with Crippen LogP contribution in [0.2, 0.25) is 0 Å². The highest BCUT2D eigenvalue weighted by atomic mass is 15.1. The topological polar surface area (TPSA) is 8.17 Å². The van der Waals surface area contributed by atoms with E-state index < -0.39 is 0 Å². The van der Waals surface area contributed by atoms with Gasteiger partial charge in [-0.1, -0.05) is 159 Å². The number of aromatic nitrogens is 1. The fourth-order valence-corrected chi connectivity index (χ4v) is 8.72. The zero-order valence-electron chi connectivity index (χ0n) is 33.4. The van der Waals surface area contributed by atoms with Gasteiger partial charge >= 0.3 is 0 Å². The van der Waals surface area contributed by atoms with Crippen LogP contribution in [0.25, 0.3) is 49.7 Å². The van der Waals surface area contributed by atoms with Crippen LogP contribution < -0.4 is 4.90 Å². The molecule has 2 heteroatoms. The standard InChI is InChI=1S/C53H50N2/c1-51(2,3)37-30-38(52(4,5)6)32-42(31-37)55-49-24-15-13-22-45(49)46-28-26-41(34-50(46)55)54(39-20-16-19-36(29-39)35-17-10-9-11-18-35)40-25-27-44-43-21-12-14-23-47(43)53(7,8)48(44)33-40/h9-34H,1-8H3. The molecule has 0 atom stereocenters. The van der Waals surface area contributed by atoms with Crippen LogP contribution in [0.1, 0.15) is 77.6 Å². The maximum Gasteiger partial charge on any atom is 0.0561 e. The van der Waals surface area contributed by atoms with E-state index in [2.05, 4.69) is 223 Å². The molecule has 0 N–H and O–H groups in total. The summed E-state index contributed by atoms with van der Waals surface area (Å²) in [6.45, 7) is 18.6. The van der Waals surface area contributed by atoms with E-state index in [4.69, 9.17) is 0 Å². The minimum atomic E-state index is -0.112. The summed E-state index contributed by atoms with van der Waals surface area (Å²) in [6, 6.07) is 58.9. The minimum absolute atomic E-state index is 0.00149. The van der Waals surface area contributed by atoms with Crippen LogP contribution >= 0.6 is 0 Å². The van der Waals surface area contributed by atoms with Gasteiger partial charge < -0.3 is 9.47 Å². The van der Waals surface area contributed by atoms with Crippen LogP contribution in [0.5, 0.6) is 0 Å². The fourth-order valence-electron chi connectivity index (χ4n) is 8.72. The number of fused-ring (bicyclic) bond motifs is 6. The molecule has 1 aliphatic rings. The molecule has 0 saturated heterocycles. The van der Waals surface area contributed by atoms with Crippen molar-refractivity contribution in [3.63, 3.8) is 0 Å². The smallest absolute Gasteiger partial charge is 0.0561 e. The van der Waals surface area contributed by atoms with Crippen LogP contribution in [0.15, 0.2) is 158 Å². The van der Waals surface area contributed by atoms with Crippen LogP contribution in [0.3, 0.4) is 0 Å². The van der Waals surface area contributed by atoms with E-state index in [-0.39, 0.29) is 16.2 Å². The lowest BCUT2D eigenvalue weighted by Crippen LogP contribution is -2.17. The van der Waals surface area contributed by atoms with Gasteiger partial charge in [-0.3, -0.25) is 0 Å². The Labute approximate surface area is 326 Å². The molecule has 7 aromatic carbocycles. The van der Waals surface area contributed by atoms with Crippen LogP contribution in [-0.4, -0.2) is 4.57 Å². The number of para-hydroxylation sites is 1. The Morgan fingerprint density at radius 2 is 1.02 bits per heavy atom. The summed E-state index contributed by atoms with van der Waals surface area (Å²) < 4.78 is 2.50. The van der Waals surface area contributed by atoms with Crippen molar-refractivity contribution in [2.75, 3.05) is 4.90 Å². The number of benzene rings is 7. The highest BCUT2D eigenvalue weighted by molar-refractivity contribution is 6.10. The Morgan fingerprint density at radius 3 is 1.76 bits per heavy atom. The molecule has 8 aromatic rings. The van der Waals surface area contributed by atoms with E-state index in [9.17, 15) is 0 Å². The van der Waals surface area contributed by atoms with Crippen molar-refractivity contribution in [1.29, 1.82) is 0 Å². The van der Waals surface area contributed by atoms with Gasteiger partial charge in [0.1, 0.15) is 0 Å². The zero-order chi connectivity index (χ0) is 38.3. The lowest BCUT2D eigenvalue weighted by Gasteiger charge is -2.29. The summed E-state index contributed by atoms with van der Waals surface area (Å²) in [5.74, 6) is 0.